The Balaban J connectivity index is 1.32. The van der Waals surface area contributed by atoms with E-state index in [1.807, 2.05) is 36.4 Å². The maximum Gasteiger partial charge on any atom is 0.320 e. The van der Waals surface area contributed by atoms with E-state index < -0.39 is 16.9 Å². The standard InChI is InChI=1S/C28H25N5O7/c1-2-31-13-20(33(35)36)26(29-31)28(34)32-27(18-7-9-22-24(12-18)40-15-38-22)19-5-3-4-17(25(19)30-32)10-16-6-8-21-23(11-16)39-14-37-21/h6-13,19,27H,2-5,14-15H2,1H3. The Hall–Kier alpha value is -4.87. The topological polar surface area (TPSA) is 131 Å². The molecule has 0 N–H and O–H groups in total. The third-order valence-electron chi connectivity index (χ3n) is 7.65. The van der Waals surface area contributed by atoms with Crippen molar-refractivity contribution in [1.29, 1.82) is 0 Å². The lowest BCUT2D eigenvalue weighted by Gasteiger charge is -2.29. The Morgan fingerprint density at radius 3 is 2.55 bits per heavy atom. The van der Waals surface area contributed by atoms with Crippen LogP contribution in [0, 0.1) is 16.0 Å². The average Bonchev–Trinajstić information content (AvgIpc) is 3.76. The molecule has 2 atom stereocenters. The van der Waals surface area contributed by atoms with Crippen molar-refractivity contribution in [3.8, 4) is 23.0 Å². The van der Waals surface area contributed by atoms with Gasteiger partial charge in [-0.25, -0.2) is 5.01 Å². The SMILES string of the molecule is CCn1cc([N+](=O)[O-])c(C(=O)N2N=C3C(=Cc4ccc5c(c4)OCO5)CCCC3C2c2ccc3c(c2)OCO3)n1. The van der Waals surface area contributed by atoms with Crippen LogP contribution in [0.2, 0.25) is 0 Å². The van der Waals surface area contributed by atoms with E-state index in [0.29, 0.717) is 29.5 Å². The highest BCUT2D eigenvalue weighted by atomic mass is 16.7. The second-order valence-corrected chi connectivity index (χ2v) is 9.95. The van der Waals surface area contributed by atoms with Crippen LogP contribution in [-0.2, 0) is 6.54 Å². The van der Waals surface area contributed by atoms with Crippen LogP contribution in [0.4, 0.5) is 5.69 Å². The van der Waals surface area contributed by atoms with E-state index >= 15 is 0 Å². The molecule has 3 aromatic rings. The normalized spacial score (nSPS) is 21.5. The van der Waals surface area contributed by atoms with Crippen LogP contribution in [0.15, 0.2) is 53.3 Å². The van der Waals surface area contributed by atoms with Crippen molar-refractivity contribution in [2.45, 2.75) is 38.8 Å². The van der Waals surface area contributed by atoms with Gasteiger partial charge in [0.25, 0.3) is 0 Å². The van der Waals surface area contributed by atoms with Crippen molar-refractivity contribution in [3.05, 3.63) is 75.1 Å². The summed E-state index contributed by atoms with van der Waals surface area (Å²) in [5, 5.41) is 22.3. The number of aryl methyl sites for hydroxylation is 1. The van der Waals surface area contributed by atoms with Gasteiger partial charge in [0.15, 0.2) is 23.0 Å². The molecule has 0 bridgehead atoms. The molecule has 4 heterocycles. The molecule has 0 saturated heterocycles. The van der Waals surface area contributed by atoms with Gasteiger partial charge in [0.1, 0.15) is 6.20 Å². The van der Waals surface area contributed by atoms with Gasteiger partial charge in [0, 0.05) is 12.5 Å². The Morgan fingerprint density at radius 1 is 1.07 bits per heavy atom. The lowest BCUT2D eigenvalue weighted by atomic mass is 9.77. The zero-order valence-electron chi connectivity index (χ0n) is 21.6. The van der Waals surface area contributed by atoms with Gasteiger partial charge in [0.2, 0.25) is 19.3 Å². The molecule has 1 amide bonds. The van der Waals surface area contributed by atoms with Crippen LogP contribution in [0.5, 0.6) is 23.0 Å². The van der Waals surface area contributed by atoms with Gasteiger partial charge in [-0.3, -0.25) is 19.6 Å². The summed E-state index contributed by atoms with van der Waals surface area (Å²) in [5.41, 5.74) is 2.96. The fourth-order valence-electron chi connectivity index (χ4n) is 5.77. The molecule has 12 heteroatoms. The Kier molecular flexibility index (Phi) is 5.68. The number of hydrogen-bond acceptors (Lipinski definition) is 9. The molecule has 1 saturated carbocycles. The van der Waals surface area contributed by atoms with Gasteiger partial charge < -0.3 is 18.9 Å². The fraction of sp³-hybridized carbons (Fsp3) is 0.321. The summed E-state index contributed by atoms with van der Waals surface area (Å²) in [5.74, 6) is 1.87. The maximum atomic E-state index is 14.0. The summed E-state index contributed by atoms with van der Waals surface area (Å²) >= 11 is 0. The molecule has 12 nitrogen and oxygen atoms in total. The third-order valence-corrected chi connectivity index (χ3v) is 7.65. The highest BCUT2D eigenvalue weighted by Gasteiger charge is 2.46. The van der Waals surface area contributed by atoms with Gasteiger partial charge in [-0.1, -0.05) is 12.1 Å². The summed E-state index contributed by atoms with van der Waals surface area (Å²) in [6, 6.07) is 10.8. The van der Waals surface area contributed by atoms with Crippen molar-refractivity contribution < 1.29 is 28.7 Å². The smallest absolute Gasteiger partial charge is 0.320 e. The lowest BCUT2D eigenvalue weighted by molar-refractivity contribution is -0.385. The number of hydrazone groups is 1. The quantitative estimate of drug-likeness (QED) is 0.334. The van der Waals surface area contributed by atoms with Crippen molar-refractivity contribution in [3.63, 3.8) is 0 Å². The minimum absolute atomic E-state index is 0.120. The Morgan fingerprint density at radius 2 is 1.80 bits per heavy atom. The van der Waals surface area contributed by atoms with E-state index in [1.165, 1.54) is 15.9 Å². The molecule has 3 aliphatic heterocycles. The van der Waals surface area contributed by atoms with Gasteiger partial charge in [-0.15, -0.1) is 0 Å². The number of carbonyl (C=O) groups excluding carboxylic acids is 1. The number of aromatic nitrogens is 2. The molecule has 1 fully saturated rings. The number of nitro groups is 1. The number of fused-ring (bicyclic) bond motifs is 3. The second-order valence-electron chi connectivity index (χ2n) is 9.95. The molecule has 40 heavy (non-hydrogen) atoms. The molecular weight excluding hydrogens is 518 g/mol. The van der Waals surface area contributed by atoms with Crippen LogP contribution in [0.25, 0.3) is 6.08 Å². The maximum absolute atomic E-state index is 14.0. The van der Waals surface area contributed by atoms with Crippen molar-refractivity contribution >= 4 is 23.4 Å². The molecular formula is C28H25N5O7. The first-order chi connectivity index (χ1) is 19.5. The van der Waals surface area contributed by atoms with Crippen LogP contribution in [0.1, 0.15) is 53.8 Å². The van der Waals surface area contributed by atoms with E-state index in [-0.39, 0.29) is 30.9 Å². The molecule has 0 radical (unpaired) electrons. The van der Waals surface area contributed by atoms with E-state index in [0.717, 1.165) is 41.7 Å². The predicted molar refractivity (Wildman–Crippen MR) is 141 cm³/mol. The number of hydrogen-bond donors (Lipinski definition) is 0. The summed E-state index contributed by atoms with van der Waals surface area (Å²) in [6.45, 7) is 2.51. The molecule has 0 spiro atoms. The van der Waals surface area contributed by atoms with E-state index in [2.05, 4.69) is 11.2 Å². The summed E-state index contributed by atoms with van der Waals surface area (Å²) in [4.78, 5) is 25.2. The summed E-state index contributed by atoms with van der Waals surface area (Å²) in [6.07, 6.45) is 5.82. The largest absolute Gasteiger partial charge is 0.454 e. The molecule has 204 valence electrons. The predicted octanol–water partition coefficient (Wildman–Crippen LogP) is 4.71. The number of amides is 1. The lowest BCUT2D eigenvalue weighted by Crippen LogP contribution is -2.32. The number of rotatable bonds is 5. The molecule has 1 aliphatic carbocycles. The second kappa shape index (κ2) is 9.40. The number of ether oxygens (including phenoxy) is 4. The fourth-order valence-corrected chi connectivity index (χ4v) is 5.77. The van der Waals surface area contributed by atoms with E-state index in [1.54, 1.807) is 6.92 Å². The van der Waals surface area contributed by atoms with Crippen molar-refractivity contribution in [2.75, 3.05) is 13.6 Å². The first kappa shape index (κ1) is 24.2. The Labute approximate surface area is 228 Å². The number of nitrogens with zero attached hydrogens (tertiary/aromatic N) is 5. The van der Waals surface area contributed by atoms with Crippen LogP contribution in [-0.4, -0.2) is 44.9 Å². The van der Waals surface area contributed by atoms with Gasteiger partial charge >= 0.3 is 11.6 Å². The number of carbonyl (C=O) groups is 1. The molecule has 2 aromatic carbocycles. The highest BCUT2D eigenvalue weighted by molar-refractivity contribution is 6.09. The molecule has 1 aromatic heterocycles. The van der Waals surface area contributed by atoms with E-state index in [4.69, 9.17) is 24.0 Å². The zero-order valence-corrected chi connectivity index (χ0v) is 21.6. The third kappa shape index (κ3) is 3.94. The molecule has 7 rings (SSSR count). The summed E-state index contributed by atoms with van der Waals surface area (Å²) < 4.78 is 23.5. The molecule has 4 aliphatic rings. The number of allylic oxidation sites excluding steroid dienone is 1. The van der Waals surface area contributed by atoms with Crippen molar-refractivity contribution in [2.24, 2.45) is 11.0 Å². The highest BCUT2D eigenvalue weighted by Crippen LogP contribution is 2.47. The van der Waals surface area contributed by atoms with Gasteiger partial charge in [-0.2, -0.15) is 10.2 Å². The van der Waals surface area contributed by atoms with Crippen LogP contribution >= 0.6 is 0 Å². The van der Waals surface area contributed by atoms with Gasteiger partial charge in [0.05, 0.1) is 16.7 Å². The van der Waals surface area contributed by atoms with Crippen LogP contribution in [0.3, 0.4) is 0 Å². The minimum Gasteiger partial charge on any atom is -0.454 e. The van der Waals surface area contributed by atoms with Crippen molar-refractivity contribution in [1.82, 2.24) is 14.8 Å². The van der Waals surface area contributed by atoms with E-state index in [9.17, 15) is 14.9 Å². The zero-order chi connectivity index (χ0) is 27.4. The monoisotopic (exact) mass is 543 g/mol. The van der Waals surface area contributed by atoms with Gasteiger partial charge in [-0.05, 0) is 73.2 Å². The first-order valence-corrected chi connectivity index (χ1v) is 13.1. The summed E-state index contributed by atoms with van der Waals surface area (Å²) in [7, 11) is 0. The first-order valence-electron chi connectivity index (χ1n) is 13.1. The average molecular weight is 544 g/mol. The van der Waals surface area contributed by atoms with Crippen LogP contribution < -0.4 is 18.9 Å². The molecule has 2 unspecified atom stereocenters. The Bertz CT molecular complexity index is 1610. The minimum atomic E-state index is -0.620. The number of benzene rings is 2.